The molecule has 0 aliphatic heterocycles. The molecule has 0 atom stereocenters. The molecule has 7 heteroatoms. The molecule has 3 rings (SSSR count). The number of amides is 2. The maximum atomic E-state index is 12.7. The fraction of sp³-hybridized carbons (Fsp3) is 0.130. The second-order valence-corrected chi connectivity index (χ2v) is 6.94. The van der Waals surface area contributed by atoms with Gasteiger partial charge < -0.3 is 20.1 Å². The Labute approximate surface area is 179 Å². The molecule has 0 heterocycles. The first-order valence-electron chi connectivity index (χ1n) is 9.19. The minimum absolute atomic E-state index is 0.229. The normalized spacial score (nSPS) is 10.2. The van der Waals surface area contributed by atoms with Crippen molar-refractivity contribution in [1.82, 2.24) is 0 Å². The van der Waals surface area contributed by atoms with Crippen molar-refractivity contribution in [3.05, 3.63) is 82.9 Å². The minimum Gasteiger partial charge on any atom is -0.495 e. The van der Waals surface area contributed by atoms with Gasteiger partial charge >= 0.3 is 0 Å². The van der Waals surface area contributed by atoms with Crippen LogP contribution in [0.5, 0.6) is 11.5 Å². The molecule has 3 aromatic rings. The van der Waals surface area contributed by atoms with Crippen LogP contribution in [0.2, 0.25) is 5.02 Å². The Morgan fingerprint density at radius 2 is 1.67 bits per heavy atom. The predicted octanol–water partition coefficient (Wildman–Crippen LogP) is 4.93. The third kappa shape index (κ3) is 5.52. The van der Waals surface area contributed by atoms with Gasteiger partial charge in [-0.3, -0.25) is 9.59 Å². The first-order valence-corrected chi connectivity index (χ1v) is 9.57. The number of ether oxygens (including phenoxy) is 2. The molecule has 6 nitrogen and oxygen atoms in total. The molecule has 0 aliphatic rings. The van der Waals surface area contributed by atoms with Crippen molar-refractivity contribution in [3.8, 4) is 11.5 Å². The van der Waals surface area contributed by atoms with Crippen molar-refractivity contribution < 1.29 is 19.1 Å². The number of aryl methyl sites for hydroxylation is 1. The Hall–Kier alpha value is -3.51. The second kappa shape index (κ2) is 9.80. The summed E-state index contributed by atoms with van der Waals surface area (Å²) in [5.41, 5.74) is 2.39. The van der Waals surface area contributed by atoms with E-state index in [-0.39, 0.29) is 29.7 Å². The van der Waals surface area contributed by atoms with Crippen LogP contribution in [0, 0.1) is 6.92 Å². The molecule has 2 amide bonds. The number of para-hydroxylation sites is 1. The Kier molecular flexibility index (Phi) is 6.93. The number of nitrogens with one attached hydrogen (secondary N) is 2. The number of methoxy groups -OCH3 is 1. The molecule has 0 spiro atoms. The molecule has 0 radical (unpaired) electrons. The van der Waals surface area contributed by atoms with E-state index in [4.69, 9.17) is 21.1 Å². The summed E-state index contributed by atoms with van der Waals surface area (Å²) >= 11 is 6.05. The average Bonchev–Trinajstić information content (AvgIpc) is 2.73. The number of anilines is 2. The van der Waals surface area contributed by atoms with Crippen molar-refractivity contribution >= 4 is 34.8 Å². The van der Waals surface area contributed by atoms with Gasteiger partial charge in [-0.15, -0.1) is 0 Å². The van der Waals surface area contributed by atoms with Crippen LogP contribution in [-0.2, 0) is 4.79 Å². The van der Waals surface area contributed by atoms with Crippen LogP contribution in [0.4, 0.5) is 11.4 Å². The van der Waals surface area contributed by atoms with Gasteiger partial charge in [0.15, 0.2) is 6.61 Å². The third-order valence-electron chi connectivity index (χ3n) is 4.21. The number of hydrogen-bond donors (Lipinski definition) is 2. The quantitative estimate of drug-likeness (QED) is 0.564. The van der Waals surface area contributed by atoms with Crippen LogP contribution in [-0.4, -0.2) is 25.5 Å². The molecule has 0 unspecified atom stereocenters. The number of rotatable bonds is 7. The highest BCUT2D eigenvalue weighted by molar-refractivity contribution is 6.31. The lowest BCUT2D eigenvalue weighted by molar-refractivity contribution is -0.118. The molecule has 0 aromatic heterocycles. The summed E-state index contributed by atoms with van der Waals surface area (Å²) in [4.78, 5) is 25.1. The number of benzene rings is 3. The van der Waals surface area contributed by atoms with E-state index < -0.39 is 0 Å². The predicted molar refractivity (Wildman–Crippen MR) is 118 cm³/mol. The van der Waals surface area contributed by atoms with E-state index in [0.29, 0.717) is 22.1 Å². The smallest absolute Gasteiger partial charge is 0.262 e. The van der Waals surface area contributed by atoms with Crippen LogP contribution in [0.25, 0.3) is 0 Å². The summed E-state index contributed by atoms with van der Waals surface area (Å²) in [6.07, 6.45) is 0. The van der Waals surface area contributed by atoms with Gasteiger partial charge in [0.2, 0.25) is 0 Å². The summed E-state index contributed by atoms with van der Waals surface area (Å²) in [6, 6.07) is 19.1. The SMILES string of the molecule is COc1ccc(C)cc1NC(=O)COc1ccc(Cl)cc1C(=O)Nc1ccccc1. The van der Waals surface area contributed by atoms with Crippen LogP contribution in [0.15, 0.2) is 66.7 Å². The van der Waals surface area contributed by atoms with E-state index in [1.54, 1.807) is 36.4 Å². The molecular weight excluding hydrogens is 404 g/mol. The lowest BCUT2D eigenvalue weighted by Gasteiger charge is -2.14. The average molecular weight is 425 g/mol. The van der Waals surface area contributed by atoms with E-state index >= 15 is 0 Å². The van der Waals surface area contributed by atoms with Gasteiger partial charge in [-0.25, -0.2) is 0 Å². The number of carbonyl (C=O) groups excluding carboxylic acids is 2. The summed E-state index contributed by atoms with van der Waals surface area (Å²) in [6.45, 7) is 1.63. The van der Waals surface area contributed by atoms with Crippen molar-refractivity contribution in [2.24, 2.45) is 0 Å². The Morgan fingerprint density at radius 3 is 2.40 bits per heavy atom. The molecule has 3 aromatic carbocycles. The second-order valence-electron chi connectivity index (χ2n) is 6.50. The molecule has 0 saturated carbocycles. The van der Waals surface area contributed by atoms with Crippen molar-refractivity contribution in [1.29, 1.82) is 0 Å². The Bertz CT molecular complexity index is 1050. The van der Waals surface area contributed by atoms with Crippen molar-refractivity contribution in [3.63, 3.8) is 0 Å². The van der Waals surface area contributed by atoms with Gasteiger partial charge in [0, 0.05) is 10.7 Å². The van der Waals surface area contributed by atoms with Crippen LogP contribution >= 0.6 is 11.6 Å². The number of carbonyl (C=O) groups is 2. The van der Waals surface area contributed by atoms with Gasteiger partial charge in [0.05, 0.1) is 18.4 Å². The number of hydrogen-bond acceptors (Lipinski definition) is 4. The zero-order chi connectivity index (χ0) is 21.5. The maximum absolute atomic E-state index is 12.7. The molecule has 2 N–H and O–H groups in total. The van der Waals surface area contributed by atoms with E-state index in [1.165, 1.54) is 13.2 Å². The Morgan fingerprint density at radius 1 is 0.933 bits per heavy atom. The lowest BCUT2D eigenvalue weighted by atomic mass is 10.1. The Balaban J connectivity index is 1.70. The maximum Gasteiger partial charge on any atom is 0.262 e. The highest BCUT2D eigenvalue weighted by Gasteiger charge is 2.16. The molecule has 0 saturated heterocycles. The van der Waals surface area contributed by atoms with Crippen molar-refractivity contribution in [2.75, 3.05) is 24.4 Å². The molecule has 0 bridgehead atoms. The number of halogens is 1. The van der Waals surface area contributed by atoms with Crippen LogP contribution < -0.4 is 20.1 Å². The monoisotopic (exact) mass is 424 g/mol. The van der Waals surface area contributed by atoms with Crippen LogP contribution in [0.3, 0.4) is 0 Å². The van der Waals surface area contributed by atoms with E-state index in [0.717, 1.165) is 5.56 Å². The largest absolute Gasteiger partial charge is 0.495 e. The van der Waals surface area contributed by atoms with Gasteiger partial charge in [0.1, 0.15) is 11.5 Å². The topological polar surface area (TPSA) is 76.7 Å². The third-order valence-corrected chi connectivity index (χ3v) is 4.44. The first kappa shape index (κ1) is 21.2. The zero-order valence-corrected chi connectivity index (χ0v) is 17.3. The molecule has 30 heavy (non-hydrogen) atoms. The first-order chi connectivity index (χ1) is 14.5. The van der Waals surface area contributed by atoms with E-state index in [9.17, 15) is 9.59 Å². The zero-order valence-electron chi connectivity index (χ0n) is 16.6. The summed E-state index contributed by atoms with van der Waals surface area (Å²) in [5.74, 6) is 0.0188. The fourth-order valence-electron chi connectivity index (χ4n) is 2.77. The van der Waals surface area contributed by atoms with Crippen LogP contribution in [0.1, 0.15) is 15.9 Å². The van der Waals surface area contributed by atoms with Gasteiger partial charge in [-0.2, -0.15) is 0 Å². The molecule has 0 aliphatic carbocycles. The lowest BCUT2D eigenvalue weighted by Crippen LogP contribution is -2.22. The van der Waals surface area contributed by atoms with E-state index in [2.05, 4.69) is 10.6 Å². The summed E-state index contributed by atoms with van der Waals surface area (Å²) in [5, 5.41) is 5.92. The fourth-order valence-corrected chi connectivity index (χ4v) is 2.95. The molecular formula is C23H21ClN2O4. The minimum atomic E-state index is -0.389. The standard InChI is InChI=1S/C23H21ClN2O4/c1-15-8-10-21(29-2)19(12-15)26-22(27)14-30-20-11-9-16(24)13-18(20)23(28)25-17-6-4-3-5-7-17/h3-13H,14H2,1-2H3,(H,25,28)(H,26,27). The molecule has 0 fully saturated rings. The van der Waals surface area contributed by atoms with Gasteiger partial charge in [0.25, 0.3) is 11.8 Å². The highest BCUT2D eigenvalue weighted by Crippen LogP contribution is 2.26. The van der Waals surface area contributed by atoms with Crippen molar-refractivity contribution in [2.45, 2.75) is 6.92 Å². The van der Waals surface area contributed by atoms with E-state index in [1.807, 2.05) is 31.2 Å². The van der Waals surface area contributed by atoms with Gasteiger partial charge in [-0.1, -0.05) is 35.9 Å². The summed E-state index contributed by atoms with van der Waals surface area (Å²) < 4.78 is 10.9. The van der Waals surface area contributed by atoms with Gasteiger partial charge in [-0.05, 0) is 55.0 Å². The summed E-state index contributed by atoms with van der Waals surface area (Å²) in [7, 11) is 1.53. The molecule has 154 valence electrons. The highest BCUT2D eigenvalue weighted by atomic mass is 35.5.